The number of imide groups is 2. The minimum atomic E-state index is -1.02. The normalized spacial score (nSPS) is 22.6. The standard InChI is InChI=1S/C38H38N10O7/c1-55-31-19-29-22(17-28(31)35(50)41-33-20-39-32-3-2-12-40-47(32)33)21-45(43-29)23-4-7-25(8-5-23)48(54)15-13-44(14-16-48)24-6-9-26-27(18-24)38(53)46(37(26)52)30-10-11-34(49)42-36(30)51/h2-3,6,9,12,17-21,23,25,30H,4-5,7-8,10-11,13-16H2,1H3,(H,41,50)(H,42,49,51). The fourth-order valence-electron chi connectivity index (χ4n) is 8.58. The number of carbonyl (C=O) groups is 5. The van der Waals surface area contributed by atoms with Crippen molar-refractivity contribution in [1.29, 1.82) is 0 Å². The van der Waals surface area contributed by atoms with E-state index < -0.39 is 29.7 Å². The van der Waals surface area contributed by atoms with Crippen LogP contribution in [0, 0.1) is 5.21 Å². The Bertz CT molecular complexity index is 2410. The lowest BCUT2D eigenvalue weighted by atomic mass is 9.89. The van der Waals surface area contributed by atoms with Gasteiger partial charge in [0.1, 0.15) is 11.8 Å². The van der Waals surface area contributed by atoms with Crippen LogP contribution in [0.15, 0.2) is 61.1 Å². The number of benzene rings is 2. The smallest absolute Gasteiger partial charge is 0.262 e. The van der Waals surface area contributed by atoms with Gasteiger partial charge in [-0.3, -0.25) is 38.9 Å². The fourth-order valence-corrected chi connectivity index (χ4v) is 8.58. The highest BCUT2D eigenvalue weighted by molar-refractivity contribution is 6.23. The van der Waals surface area contributed by atoms with Crippen LogP contribution in [0.1, 0.15) is 75.6 Å². The Hall–Kier alpha value is -6.20. The highest BCUT2D eigenvalue weighted by atomic mass is 16.5. The summed E-state index contributed by atoms with van der Waals surface area (Å²) in [4.78, 5) is 71.3. The summed E-state index contributed by atoms with van der Waals surface area (Å²) in [7, 11) is 1.52. The second-order valence-electron chi connectivity index (χ2n) is 14.6. The van der Waals surface area contributed by atoms with E-state index in [1.165, 1.54) is 7.11 Å². The van der Waals surface area contributed by atoms with Crippen LogP contribution in [0.25, 0.3) is 16.6 Å². The van der Waals surface area contributed by atoms with E-state index >= 15 is 0 Å². The average Bonchev–Trinajstić information content (AvgIpc) is 3.88. The highest BCUT2D eigenvalue weighted by Crippen LogP contribution is 2.37. The minimum absolute atomic E-state index is 0.0470. The van der Waals surface area contributed by atoms with Crippen LogP contribution < -0.4 is 20.3 Å². The Balaban J connectivity index is 0.830. The van der Waals surface area contributed by atoms with Gasteiger partial charge in [0.2, 0.25) is 11.8 Å². The molecule has 4 aliphatic rings. The van der Waals surface area contributed by atoms with Crippen LogP contribution >= 0.6 is 0 Å². The Morgan fingerprint density at radius 3 is 2.53 bits per heavy atom. The molecule has 1 saturated carbocycles. The number of hydroxylamine groups is 3. The van der Waals surface area contributed by atoms with Crippen molar-refractivity contribution >= 4 is 57.6 Å². The van der Waals surface area contributed by atoms with E-state index in [9.17, 15) is 29.2 Å². The summed E-state index contributed by atoms with van der Waals surface area (Å²) in [6.45, 7) is 1.78. The molecule has 282 valence electrons. The van der Waals surface area contributed by atoms with Crippen molar-refractivity contribution in [3.63, 3.8) is 0 Å². The summed E-state index contributed by atoms with van der Waals surface area (Å²) < 4.78 is 8.80. The zero-order valence-corrected chi connectivity index (χ0v) is 30.0. The number of piperidine rings is 1. The molecule has 55 heavy (non-hydrogen) atoms. The van der Waals surface area contributed by atoms with Crippen LogP contribution in [-0.4, -0.2) is 109 Å². The molecule has 9 rings (SSSR count). The third-order valence-corrected chi connectivity index (χ3v) is 11.6. The number of nitrogens with zero attached hydrogens (tertiary/aromatic N) is 8. The van der Waals surface area contributed by atoms with Gasteiger partial charge in [-0.25, -0.2) is 4.98 Å². The molecule has 1 unspecified atom stereocenters. The minimum Gasteiger partial charge on any atom is -0.632 e. The molecule has 2 N–H and O–H groups in total. The van der Waals surface area contributed by atoms with Crippen molar-refractivity contribution in [2.24, 2.45) is 0 Å². The van der Waals surface area contributed by atoms with E-state index in [0.29, 0.717) is 54.5 Å². The Labute approximate surface area is 314 Å². The molecule has 3 aromatic heterocycles. The van der Waals surface area contributed by atoms with E-state index in [2.05, 4.69) is 25.6 Å². The van der Waals surface area contributed by atoms with Crippen molar-refractivity contribution in [2.45, 2.75) is 56.7 Å². The molecule has 0 radical (unpaired) electrons. The van der Waals surface area contributed by atoms with E-state index in [-0.39, 0.29) is 46.6 Å². The van der Waals surface area contributed by atoms with Crippen LogP contribution in [-0.2, 0) is 9.59 Å². The van der Waals surface area contributed by atoms with E-state index in [0.717, 1.165) is 41.7 Å². The first kappa shape index (κ1) is 34.6. The predicted octanol–water partition coefficient (Wildman–Crippen LogP) is 3.06. The second kappa shape index (κ2) is 13.3. The SMILES string of the molecule is COc1cc2nn(C3CCC([N+]4([O-])CCN(c5ccc6c(c5)C(=O)N(C5CCC(=O)NC5=O)C6=O)CC4)CC3)cc2cc1C(=O)Nc1cnc2cccnn12. The quantitative estimate of drug-likeness (QED) is 0.141. The first-order chi connectivity index (χ1) is 26.6. The highest BCUT2D eigenvalue weighted by Gasteiger charge is 2.45. The maximum Gasteiger partial charge on any atom is 0.262 e. The average molecular weight is 747 g/mol. The summed E-state index contributed by atoms with van der Waals surface area (Å²) >= 11 is 0. The number of anilines is 2. The summed E-state index contributed by atoms with van der Waals surface area (Å²) in [5, 5.41) is 29.2. The molecule has 0 bridgehead atoms. The summed E-state index contributed by atoms with van der Waals surface area (Å²) in [6.07, 6.45) is 8.36. The molecular weight excluding hydrogens is 708 g/mol. The second-order valence-corrected chi connectivity index (χ2v) is 14.6. The van der Waals surface area contributed by atoms with Gasteiger partial charge in [0, 0.05) is 48.8 Å². The number of rotatable bonds is 7. The molecule has 5 amide bonds. The van der Waals surface area contributed by atoms with Crippen molar-refractivity contribution in [1.82, 2.24) is 34.6 Å². The van der Waals surface area contributed by atoms with Gasteiger partial charge in [-0.05, 0) is 55.7 Å². The third kappa shape index (κ3) is 5.95. The molecule has 1 atom stereocenters. The third-order valence-electron chi connectivity index (χ3n) is 11.6. The number of amides is 5. The van der Waals surface area contributed by atoms with Gasteiger partial charge < -0.3 is 24.8 Å². The monoisotopic (exact) mass is 746 g/mol. The van der Waals surface area contributed by atoms with Gasteiger partial charge in [-0.15, -0.1) is 0 Å². The van der Waals surface area contributed by atoms with Crippen LogP contribution in [0.3, 0.4) is 0 Å². The number of fused-ring (bicyclic) bond motifs is 3. The number of methoxy groups -OCH3 is 1. The van der Waals surface area contributed by atoms with Crippen molar-refractivity contribution in [2.75, 3.05) is 43.5 Å². The lowest BCUT2D eigenvalue weighted by molar-refractivity contribution is -0.907. The summed E-state index contributed by atoms with van der Waals surface area (Å²) in [5.74, 6) is -1.68. The number of aromatic nitrogens is 5. The van der Waals surface area contributed by atoms with Crippen LogP contribution in [0.5, 0.6) is 5.75 Å². The largest absolute Gasteiger partial charge is 0.632 e. The summed E-state index contributed by atoms with van der Waals surface area (Å²) in [6, 6.07) is 11.2. The molecule has 17 heteroatoms. The number of piperazine rings is 1. The molecule has 1 aliphatic carbocycles. The van der Waals surface area contributed by atoms with Crippen LogP contribution in [0.2, 0.25) is 0 Å². The topological polar surface area (TPSA) is 196 Å². The molecule has 2 saturated heterocycles. The molecular formula is C38H38N10O7. The first-order valence-corrected chi connectivity index (χ1v) is 18.5. The van der Waals surface area contributed by atoms with E-state index in [4.69, 9.17) is 9.84 Å². The fraction of sp³-hybridized carbons (Fsp3) is 0.368. The molecule has 0 spiro atoms. The predicted molar refractivity (Wildman–Crippen MR) is 197 cm³/mol. The molecule has 2 aromatic carbocycles. The maximum atomic E-state index is 14.2. The number of carbonyl (C=O) groups excluding carboxylic acids is 5. The zero-order valence-electron chi connectivity index (χ0n) is 30.0. The molecule has 17 nitrogen and oxygen atoms in total. The maximum absolute atomic E-state index is 14.2. The molecule has 5 aromatic rings. The molecule has 3 aliphatic heterocycles. The van der Waals surface area contributed by atoms with Crippen LogP contribution in [0.4, 0.5) is 11.5 Å². The van der Waals surface area contributed by atoms with Crippen molar-refractivity contribution in [3.8, 4) is 5.75 Å². The molecule has 6 heterocycles. The zero-order chi connectivity index (χ0) is 38.0. The summed E-state index contributed by atoms with van der Waals surface area (Å²) in [5.41, 5.74) is 2.87. The molecule has 3 fully saturated rings. The van der Waals surface area contributed by atoms with Gasteiger partial charge >= 0.3 is 0 Å². The number of nitrogens with one attached hydrogen (secondary N) is 2. The number of hydrogen-bond acceptors (Lipinski definition) is 11. The Morgan fingerprint density at radius 1 is 0.982 bits per heavy atom. The van der Waals surface area contributed by atoms with Gasteiger partial charge in [0.25, 0.3) is 17.7 Å². The van der Waals surface area contributed by atoms with Gasteiger partial charge in [-0.1, -0.05) is 0 Å². The lowest BCUT2D eigenvalue weighted by Crippen LogP contribution is -2.61. The first-order valence-electron chi connectivity index (χ1n) is 18.5. The number of quaternary nitrogens is 1. The Kier molecular flexibility index (Phi) is 8.34. The van der Waals surface area contributed by atoms with Gasteiger partial charge in [-0.2, -0.15) is 14.7 Å². The van der Waals surface area contributed by atoms with Gasteiger partial charge in [0.15, 0.2) is 11.5 Å². The number of imidazole rings is 1. The lowest BCUT2D eigenvalue weighted by Gasteiger charge is -2.54. The Morgan fingerprint density at radius 2 is 1.76 bits per heavy atom. The van der Waals surface area contributed by atoms with E-state index in [1.807, 2.05) is 10.9 Å². The number of ether oxygens (including phenoxy) is 1. The van der Waals surface area contributed by atoms with Crippen molar-refractivity contribution < 1.29 is 33.4 Å². The van der Waals surface area contributed by atoms with Crippen molar-refractivity contribution in [3.05, 3.63) is 83.0 Å². The number of hydrogen-bond donors (Lipinski definition) is 2. The van der Waals surface area contributed by atoms with E-state index in [1.54, 1.807) is 59.4 Å². The van der Waals surface area contributed by atoms with Gasteiger partial charge in [0.05, 0.1) is 73.8 Å².